The summed E-state index contributed by atoms with van der Waals surface area (Å²) in [7, 11) is 1.85. The predicted molar refractivity (Wildman–Crippen MR) is 103 cm³/mol. The Hall–Kier alpha value is -3.06. The van der Waals surface area contributed by atoms with Gasteiger partial charge < -0.3 is 5.32 Å². The fourth-order valence-electron chi connectivity index (χ4n) is 2.85. The molecular formula is C19H17N5OS. The third-order valence-electron chi connectivity index (χ3n) is 4.06. The van der Waals surface area contributed by atoms with Crippen molar-refractivity contribution in [1.82, 2.24) is 19.7 Å². The van der Waals surface area contributed by atoms with Crippen molar-refractivity contribution in [3.63, 3.8) is 0 Å². The van der Waals surface area contributed by atoms with E-state index >= 15 is 0 Å². The Morgan fingerprint density at radius 1 is 1.27 bits per heavy atom. The first kappa shape index (κ1) is 16.4. The van der Waals surface area contributed by atoms with Crippen molar-refractivity contribution >= 4 is 34.0 Å². The van der Waals surface area contributed by atoms with E-state index in [0.29, 0.717) is 5.69 Å². The van der Waals surface area contributed by atoms with Crippen LogP contribution in [0.4, 0.5) is 5.69 Å². The van der Waals surface area contributed by atoms with E-state index in [0.717, 1.165) is 33.0 Å². The topological polar surface area (TPSA) is 72.7 Å². The molecule has 1 aromatic carbocycles. The third-order valence-corrected chi connectivity index (χ3v) is 5.00. The van der Waals surface area contributed by atoms with Gasteiger partial charge in [0.05, 0.1) is 29.7 Å². The van der Waals surface area contributed by atoms with Crippen LogP contribution in [0.15, 0.2) is 48.0 Å². The average molecular weight is 363 g/mol. The normalized spacial score (nSPS) is 11.0. The fraction of sp³-hybridized carbons (Fsp3) is 0.158. The summed E-state index contributed by atoms with van der Waals surface area (Å²) in [5.41, 5.74) is 4.17. The molecule has 0 unspecified atom stereocenters. The van der Waals surface area contributed by atoms with Crippen molar-refractivity contribution in [2.45, 2.75) is 13.3 Å². The average Bonchev–Trinajstić information content (AvgIpc) is 3.20. The van der Waals surface area contributed by atoms with Crippen LogP contribution in [0.3, 0.4) is 0 Å². The standard InChI is InChI=1S/C19H17N5OS/c1-12-16-8-14(10-20-18(16)24(2)23-12)21-17(25)9-15-11-26-19(22-15)13-6-4-3-5-7-13/h3-8,10-11H,9H2,1-2H3,(H,21,25). The molecule has 0 bridgehead atoms. The number of nitrogens with one attached hydrogen (secondary N) is 1. The zero-order valence-electron chi connectivity index (χ0n) is 14.4. The molecule has 0 atom stereocenters. The Labute approximate surface area is 154 Å². The van der Waals surface area contributed by atoms with Crippen LogP contribution in [0.1, 0.15) is 11.4 Å². The largest absolute Gasteiger partial charge is 0.324 e. The van der Waals surface area contributed by atoms with Gasteiger partial charge in [0.2, 0.25) is 5.91 Å². The lowest BCUT2D eigenvalue weighted by Crippen LogP contribution is -2.14. The molecule has 0 aliphatic carbocycles. The van der Waals surface area contributed by atoms with Crippen LogP contribution in [0, 0.1) is 6.92 Å². The molecular weight excluding hydrogens is 346 g/mol. The van der Waals surface area contributed by atoms with Gasteiger partial charge in [0.25, 0.3) is 0 Å². The van der Waals surface area contributed by atoms with Crippen LogP contribution < -0.4 is 5.32 Å². The number of carbonyl (C=O) groups is 1. The number of rotatable bonds is 4. The molecule has 3 aromatic heterocycles. The van der Waals surface area contributed by atoms with E-state index in [-0.39, 0.29) is 12.3 Å². The minimum Gasteiger partial charge on any atom is -0.324 e. The second kappa shape index (κ2) is 6.68. The molecule has 0 saturated heterocycles. The van der Waals surface area contributed by atoms with Gasteiger partial charge in [0.1, 0.15) is 5.01 Å². The lowest BCUT2D eigenvalue weighted by molar-refractivity contribution is -0.115. The Morgan fingerprint density at radius 2 is 2.08 bits per heavy atom. The Bertz CT molecular complexity index is 1080. The number of benzene rings is 1. The van der Waals surface area contributed by atoms with Gasteiger partial charge in [0, 0.05) is 23.4 Å². The second-order valence-corrected chi connectivity index (χ2v) is 6.90. The summed E-state index contributed by atoms with van der Waals surface area (Å²) in [6, 6.07) is 11.9. The Balaban J connectivity index is 1.47. The quantitative estimate of drug-likeness (QED) is 0.601. The number of pyridine rings is 1. The van der Waals surface area contributed by atoms with Crippen LogP contribution in [-0.4, -0.2) is 25.7 Å². The third kappa shape index (κ3) is 3.21. The SMILES string of the molecule is Cc1nn(C)c2ncc(NC(=O)Cc3csc(-c4ccccc4)n3)cc12. The molecule has 4 aromatic rings. The maximum atomic E-state index is 12.4. The van der Waals surface area contributed by atoms with Gasteiger partial charge >= 0.3 is 0 Å². The summed E-state index contributed by atoms with van der Waals surface area (Å²) in [5.74, 6) is -0.113. The highest BCUT2D eigenvalue weighted by molar-refractivity contribution is 7.13. The molecule has 3 heterocycles. The van der Waals surface area contributed by atoms with Crippen LogP contribution in [0.2, 0.25) is 0 Å². The molecule has 130 valence electrons. The van der Waals surface area contributed by atoms with E-state index in [1.54, 1.807) is 22.2 Å². The minimum absolute atomic E-state index is 0.113. The lowest BCUT2D eigenvalue weighted by atomic mass is 10.2. The van der Waals surface area contributed by atoms with Crippen molar-refractivity contribution in [3.05, 3.63) is 59.4 Å². The first-order valence-electron chi connectivity index (χ1n) is 8.19. The summed E-state index contributed by atoms with van der Waals surface area (Å²) in [4.78, 5) is 21.3. The number of hydrogen-bond donors (Lipinski definition) is 1. The molecule has 0 aliphatic heterocycles. The van der Waals surface area contributed by atoms with Crippen LogP contribution in [0.5, 0.6) is 0 Å². The van der Waals surface area contributed by atoms with Crippen molar-refractivity contribution in [2.24, 2.45) is 7.05 Å². The summed E-state index contributed by atoms with van der Waals surface area (Å²) >= 11 is 1.54. The van der Waals surface area contributed by atoms with Crippen LogP contribution in [0.25, 0.3) is 21.6 Å². The molecule has 1 N–H and O–H groups in total. The molecule has 4 rings (SSSR count). The van der Waals surface area contributed by atoms with Crippen LogP contribution in [-0.2, 0) is 18.3 Å². The Morgan fingerprint density at radius 3 is 2.88 bits per heavy atom. The first-order valence-corrected chi connectivity index (χ1v) is 9.07. The number of nitrogens with zero attached hydrogens (tertiary/aromatic N) is 4. The fourth-order valence-corrected chi connectivity index (χ4v) is 3.67. The van der Waals surface area contributed by atoms with Crippen LogP contribution >= 0.6 is 11.3 Å². The Kier molecular flexibility index (Phi) is 4.22. The van der Waals surface area contributed by atoms with Gasteiger partial charge in [-0.3, -0.25) is 9.48 Å². The van der Waals surface area contributed by atoms with E-state index in [1.807, 2.05) is 55.7 Å². The molecule has 0 spiro atoms. The molecule has 7 heteroatoms. The number of fused-ring (bicyclic) bond motifs is 1. The highest BCUT2D eigenvalue weighted by Gasteiger charge is 2.11. The lowest BCUT2D eigenvalue weighted by Gasteiger charge is -2.04. The van der Waals surface area contributed by atoms with Gasteiger partial charge in [0.15, 0.2) is 5.65 Å². The van der Waals surface area contributed by atoms with Gasteiger partial charge in [-0.15, -0.1) is 11.3 Å². The van der Waals surface area contributed by atoms with E-state index in [9.17, 15) is 4.79 Å². The molecule has 0 fully saturated rings. The number of anilines is 1. The van der Waals surface area contributed by atoms with Gasteiger partial charge in [-0.2, -0.15) is 5.10 Å². The highest BCUT2D eigenvalue weighted by atomic mass is 32.1. The summed E-state index contributed by atoms with van der Waals surface area (Å²) in [5, 5.41) is 11.0. The maximum Gasteiger partial charge on any atom is 0.230 e. The molecule has 26 heavy (non-hydrogen) atoms. The zero-order valence-corrected chi connectivity index (χ0v) is 15.2. The summed E-state index contributed by atoms with van der Waals surface area (Å²) in [6.45, 7) is 1.93. The highest BCUT2D eigenvalue weighted by Crippen LogP contribution is 2.24. The first-order chi connectivity index (χ1) is 12.6. The number of carbonyl (C=O) groups excluding carboxylic acids is 1. The minimum atomic E-state index is -0.113. The summed E-state index contributed by atoms with van der Waals surface area (Å²) < 4.78 is 1.73. The monoisotopic (exact) mass is 363 g/mol. The molecule has 0 saturated carbocycles. The molecule has 0 aliphatic rings. The zero-order chi connectivity index (χ0) is 18.1. The molecule has 1 amide bonds. The molecule has 0 radical (unpaired) electrons. The van der Waals surface area contributed by atoms with E-state index in [1.165, 1.54) is 0 Å². The van der Waals surface area contributed by atoms with Gasteiger partial charge in [-0.05, 0) is 13.0 Å². The number of hydrogen-bond acceptors (Lipinski definition) is 5. The number of aromatic nitrogens is 4. The maximum absolute atomic E-state index is 12.4. The van der Waals surface area contributed by atoms with E-state index in [2.05, 4.69) is 20.4 Å². The van der Waals surface area contributed by atoms with Crippen molar-refractivity contribution in [2.75, 3.05) is 5.32 Å². The summed E-state index contributed by atoms with van der Waals surface area (Å²) in [6.07, 6.45) is 1.88. The van der Waals surface area contributed by atoms with Gasteiger partial charge in [-0.1, -0.05) is 30.3 Å². The molecule has 6 nitrogen and oxygen atoms in total. The van der Waals surface area contributed by atoms with E-state index in [4.69, 9.17) is 0 Å². The number of aryl methyl sites for hydroxylation is 2. The van der Waals surface area contributed by atoms with Crippen molar-refractivity contribution in [3.8, 4) is 10.6 Å². The van der Waals surface area contributed by atoms with E-state index < -0.39 is 0 Å². The second-order valence-electron chi connectivity index (χ2n) is 6.04. The predicted octanol–water partition coefficient (Wildman–Crippen LogP) is 3.58. The number of thiazole rings is 1. The van der Waals surface area contributed by atoms with Crippen molar-refractivity contribution < 1.29 is 4.79 Å². The van der Waals surface area contributed by atoms with Gasteiger partial charge in [-0.25, -0.2) is 9.97 Å². The number of amides is 1. The smallest absolute Gasteiger partial charge is 0.230 e. The van der Waals surface area contributed by atoms with Crippen molar-refractivity contribution in [1.29, 1.82) is 0 Å².